The van der Waals surface area contributed by atoms with Crippen LogP contribution in [0.3, 0.4) is 0 Å². The molecule has 0 rings (SSSR count). The summed E-state index contributed by atoms with van der Waals surface area (Å²) in [5.41, 5.74) is 0. The molecule has 0 aromatic heterocycles. The molecule has 1 amide bonds. The fourth-order valence-electron chi connectivity index (χ4n) is 9.07. The first-order valence-corrected chi connectivity index (χ1v) is 30.6. The van der Waals surface area contributed by atoms with E-state index in [9.17, 15) is 19.8 Å². The molecule has 0 aromatic carbocycles. The van der Waals surface area contributed by atoms with Crippen molar-refractivity contribution in [3.8, 4) is 0 Å². The third-order valence-electron chi connectivity index (χ3n) is 13.8. The number of ether oxygens (including phenoxy) is 1. The van der Waals surface area contributed by atoms with Gasteiger partial charge in [0, 0.05) is 12.8 Å². The molecule has 0 heterocycles. The van der Waals surface area contributed by atoms with Gasteiger partial charge in [-0.25, -0.2) is 0 Å². The normalized spacial score (nSPS) is 13.0. The molecule has 408 valence electrons. The summed E-state index contributed by atoms with van der Waals surface area (Å²) in [7, 11) is 0. The Kier molecular flexibility index (Phi) is 57.1. The van der Waals surface area contributed by atoms with Crippen LogP contribution in [0.25, 0.3) is 0 Å². The zero-order valence-electron chi connectivity index (χ0n) is 46.5. The van der Waals surface area contributed by atoms with E-state index in [4.69, 9.17) is 4.74 Å². The van der Waals surface area contributed by atoms with Crippen LogP contribution >= 0.6 is 0 Å². The minimum atomic E-state index is -0.852. The summed E-state index contributed by atoms with van der Waals surface area (Å²) in [6.07, 6.45) is 76.8. The van der Waals surface area contributed by atoms with E-state index < -0.39 is 12.1 Å². The first-order chi connectivity index (χ1) is 34.5. The van der Waals surface area contributed by atoms with Gasteiger partial charge in [0.15, 0.2) is 0 Å². The summed E-state index contributed by atoms with van der Waals surface area (Å²) >= 11 is 0. The van der Waals surface area contributed by atoms with Crippen molar-refractivity contribution < 1.29 is 24.5 Å². The highest BCUT2D eigenvalue weighted by Crippen LogP contribution is 2.16. The average Bonchev–Trinajstić information content (AvgIpc) is 3.36. The highest BCUT2D eigenvalue weighted by molar-refractivity contribution is 5.76. The van der Waals surface area contributed by atoms with Gasteiger partial charge in [-0.1, -0.05) is 261 Å². The summed E-state index contributed by atoms with van der Waals surface area (Å²) in [5, 5.41) is 23.1. The molecule has 0 saturated carbocycles. The van der Waals surface area contributed by atoms with Crippen molar-refractivity contribution >= 4 is 11.9 Å². The van der Waals surface area contributed by atoms with E-state index in [1.54, 1.807) is 6.08 Å². The van der Waals surface area contributed by atoms with E-state index >= 15 is 0 Å². The molecular formula is C64H117NO5. The molecule has 3 N–H and O–H groups in total. The lowest BCUT2D eigenvalue weighted by molar-refractivity contribution is -0.143. The maximum absolute atomic E-state index is 12.5. The van der Waals surface area contributed by atoms with Gasteiger partial charge < -0.3 is 20.3 Å². The number of hydrogen-bond acceptors (Lipinski definition) is 5. The Morgan fingerprint density at radius 3 is 1.20 bits per heavy atom. The van der Waals surface area contributed by atoms with Gasteiger partial charge in [0.05, 0.1) is 25.4 Å². The first kappa shape index (κ1) is 67.6. The van der Waals surface area contributed by atoms with E-state index in [0.29, 0.717) is 19.4 Å². The number of allylic oxidation sites excluding steroid dienone is 9. The summed E-state index contributed by atoms with van der Waals surface area (Å²) in [4.78, 5) is 24.5. The number of carbonyl (C=O) groups excluding carboxylic acids is 2. The van der Waals surface area contributed by atoms with Gasteiger partial charge in [-0.2, -0.15) is 0 Å². The Balaban J connectivity index is 3.50. The van der Waals surface area contributed by atoms with E-state index in [-0.39, 0.29) is 18.5 Å². The van der Waals surface area contributed by atoms with Gasteiger partial charge in [0.1, 0.15) is 0 Å². The van der Waals surface area contributed by atoms with E-state index in [2.05, 4.69) is 67.8 Å². The third kappa shape index (κ3) is 54.9. The summed E-state index contributed by atoms with van der Waals surface area (Å²) in [5.74, 6) is -0.0966. The minimum Gasteiger partial charge on any atom is -0.466 e. The average molecular weight is 981 g/mol. The second-order valence-electron chi connectivity index (χ2n) is 20.7. The van der Waals surface area contributed by atoms with Gasteiger partial charge in [0.2, 0.25) is 5.91 Å². The number of amides is 1. The molecule has 2 unspecified atom stereocenters. The van der Waals surface area contributed by atoms with Crippen LogP contribution in [0.1, 0.15) is 309 Å². The van der Waals surface area contributed by atoms with Crippen molar-refractivity contribution in [1.82, 2.24) is 5.32 Å². The number of unbranched alkanes of at least 4 members (excludes halogenated alkanes) is 38. The maximum atomic E-state index is 12.5. The van der Waals surface area contributed by atoms with Crippen molar-refractivity contribution in [2.45, 2.75) is 321 Å². The van der Waals surface area contributed by atoms with Gasteiger partial charge in [0.25, 0.3) is 0 Å². The zero-order chi connectivity index (χ0) is 50.7. The van der Waals surface area contributed by atoms with Crippen molar-refractivity contribution in [2.75, 3.05) is 13.2 Å². The number of rotatable bonds is 56. The summed E-state index contributed by atoms with van der Waals surface area (Å²) in [6, 6.07) is -0.637. The van der Waals surface area contributed by atoms with Gasteiger partial charge >= 0.3 is 5.97 Å². The van der Waals surface area contributed by atoms with Crippen molar-refractivity contribution in [2.24, 2.45) is 0 Å². The molecule has 6 nitrogen and oxygen atoms in total. The quantitative estimate of drug-likeness (QED) is 0.0244. The van der Waals surface area contributed by atoms with Crippen molar-refractivity contribution in [3.05, 3.63) is 60.8 Å². The second-order valence-corrected chi connectivity index (χ2v) is 20.7. The maximum Gasteiger partial charge on any atom is 0.305 e. The molecule has 0 spiro atoms. The molecule has 0 aliphatic heterocycles. The second kappa shape index (κ2) is 59.1. The Labute approximate surface area is 435 Å². The van der Waals surface area contributed by atoms with E-state index in [1.807, 2.05) is 6.08 Å². The van der Waals surface area contributed by atoms with Gasteiger partial charge in [-0.15, -0.1) is 0 Å². The minimum absolute atomic E-state index is 0.0184. The summed E-state index contributed by atoms with van der Waals surface area (Å²) < 4.78 is 5.47. The number of hydrogen-bond donors (Lipinski definition) is 3. The fourth-order valence-corrected chi connectivity index (χ4v) is 9.07. The molecule has 0 saturated heterocycles. The molecule has 0 fully saturated rings. The Hall–Kier alpha value is -2.44. The Morgan fingerprint density at radius 1 is 0.414 bits per heavy atom. The fraction of sp³-hybridized carbons (Fsp3) is 0.812. The Morgan fingerprint density at radius 2 is 0.757 bits per heavy atom. The topological polar surface area (TPSA) is 95.9 Å². The molecule has 0 bridgehead atoms. The van der Waals surface area contributed by atoms with Crippen LogP contribution in [-0.2, 0) is 14.3 Å². The van der Waals surface area contributed by atoms with Crippen LogP contribution in [0.2, 0.25) is 0 Å². The molecule has 70 heavy (non-hydrogen) atoms. The van der Waals surface area contributed by atoms with Gasteiger partial charge in [-0.3, -0.25) is 9.59 Å². The molecule has 0 aromatic rings. The van der Waals surface area contributed by atoms with Crippen LogP contribution < -0.4 is 5.32 Å². The number of aliphatic hydroxyl groups excluding tert-OH is 2. The van der Waals surface area contributed by atoms with Crippen LogP contribution in [0.15, 0.2) is 60.8 Å². The lowest BCUT2D eigenvalue weighted by atomic mass is 10.0. The standard InChI is InChI=1S/C64H117NO5/c1-3-5-7-9-11-13-15-17-19-20-22-26-30-34-38-42-46-50-54-58-64(69)70-59-55-51-47-43-39-35-31-27-24-21-23-25-29-33-37-41-45-49-53-57-63(68)65-61(60-66)62(67)56-52-48-44-40-36-32-28-18-16-14-12-10-8-6-4-2/h11,13,17,19,27,31,35,39,52,56,61-62,66-67H,3-10,12,14-16,18,20-26,28-30,32-34,36-38,40-51,53-55,57-60H2,1-2H3,(H,65,68)/b13-11-,19-17-,31-27-,39-35-,56-52+. The highest BCUT2D eigenvalue weighted by Gasteiger charge is 2.18. The van der Waals surface area contributed by atoms with Crippen molar-refractivity contribution in [1.29, 1.82) is 0 Å². The molecular weight excluding hydrogens is 863 g/mol. The highest BCUT2D eigenvalue weighted by atomic mass is 16.5. The number of aliphatic hydroxyl groups is 2. The number of nitrogens with one attached hydrogen (secondary N) is 1. The Bertz CT molecular complexity index is 1220. The SMILES string of the molecule is CCCCC/C=C\C/C=C\CCCCCCCCCCCC(=O)OCCCCC/C=C\C=C/CCCCCCCCCCCCC(=O)NC(CO)C(O)/C=C/CCCCCCCCCCCCCCC. The van der Waals surface area contributed by atoms with Gasteiger partial charge in [-0.05, 0) is 96.3 Å². The molecule has 2 atom stereocenters. The van der Waals surface area contributed by atoms with Crippen LogP contribution in [-0.4, -0.2) is 47.4 Å². The molecule has 0 radical (unpaired) electrons. The predicted octanol–water partition coefficient (Wildman–Crippen LogP) is 19.1. The van der Waals surface area contributed by atoms with E-state index in [1.165, 1.54) is 199 Å². The number of esters is 1. The van der Waals surface area contributed by atoms with Crippen molar-refractivity contribution in [3.63, 3.8) is 0 Å². The predicted molar refractivity (Wildman–Crippen MR) is 305 cm³/mol. The summed E-state index contributed by atoms with van der Waals surface area (Å²) in [6.45, 7) is 4.84. The first-order valence-electron chi connectivity index (χ1n) is 30.6. The molecule has 0 aliphatic rings. The smallest absolute Gasteiger partial charge is 0.305 e. The lowest BCUT2D eigenvalue weighted by Crippen LogP contribution is -2.45. The van der Waals surface area contributed by atoms with Crippen LogP contribution in [0.4, 0.5) is 0 Å². The zero-order valence-corrected chi connectivity index (χ0v) is 46.5. The monoisotopic (exact) mass is 980 g/mol. The lowest BCUT2D eigenvalue weighted by Gasteiger charge is -2.20. The largest absolute Gasteiger partial charge is 0.466 e. The molecule has 0 aliphatic carbocycles. The third-order valence-corrected chi connectivity index (χ3v) is 13.8. The van der Waals surface area contributed by atoms with Crippen LogP contribution in [0, 0.1) is 0 Å². The molecule has 6 heteroatoms. The van der Waals surface area contributed by atoms with Crippen LogP contribution in [0.5, 0.6) is 0 Å². The number of carbonyl (C=O) groups is 2. The van der Waals surface area contributed by atoms with E-state index in [0.717, 1.165) is 83.5 Å².